The third-order valence-electron chi connectivity index (χ3n) is 1.20. The predicted molar refractivity (Wildman–Crippen MR) is 47.3 cm³/mol. The molecule has 0 saturated carbocycles. The molecule has 13 heavy (non-hydrogen) atoms. The Hall–Kier alpha value is -1.07. The van der Waals surface area contributed by atoms with Crippen LogP contribution in [-0.2, 0) is 9.53 Å². The number of rotatable bonds is 5. The molecule has 0 fully saturated rings. The van der Waals surface area contributed by atoms with Gasteiger partial charge in [-0.3, -0.25) is 0 Å². The number of ether oxygens (including phenoxy) is 1. The van der Waals surface area contributed by atoms with E-state index < -0.39 is 12.1 Å². The number of hydrogen-bond donors (Lipinski definition) is 2. The lowest BCUT2D eigenvalue weighted by atomic mass is 10.3. The smallest absolute Gasteiger partial charge is 0.333 e. The molecule has 76 valence electrons. The van der Waals surface area contributed by atoms with Gasteiger partial charge in [-0.2, -0.15) is 0 Å². The van der Waals surface area contributed by atoms with E-state index in [1.807, 2.05) is 0 Å². The SMILES string of the molecule is CN(C)CC(O)COC(=O)C=CO. The maximum atomic E-state index is 10.6. The summed E-state index contributed by atoms with van der Waals surface area (Å²) in [6.45, 7) is 0.359. The van der Waals surface area contributed by atoms with Crippen molar-refractivity contribution in [2.75, 3.05) is 27.2 Å². The lowest BCUT2D eigenvalue weighted by Crippen LogP contribution is -2.30. The highest BCUT2D eigenvalue weighted by Crippen LogP contribution is 1.89. The number of carbonyl (C=O) groups is 1. The van der Waals surface area contributed by atoms with E-state index in [-0.39, 0.29) is 6.61 Å². The summed E-state index contributed by atoms with van der Waals surface area (Å²) < 4.78 is 4.58. The van der Waals surface area contributed by atoms with E-state index in [1.165, 1.54) is 0 Å². The lowest BCUT2D eigenvalue weighted by Gasteiger charge is -2.15. The molecule has 0 bridgehead atoms. The number of aliphatic hydroxyl groups is 2. The molecule has 0 aliphatic carbocycles. The van der Waals surface area contributed by atoms with Crippen molar-refractivity contribution in [2.45, 2.75) is 6.10 Å². The van der Waals surface area contributed by atoms with Gasteiger partial charge in [-0.05, 0) is 14.1 Å². The Kier molecular flexibility index (Phi) is 5.92. The number of esters is 1. The zero-order chi connectivity index (χ0) is 10.3. The van der Waals surface area contributed by atoms with Crippen molar-refractivity contribution < 1.29 is 19.7 Å². The van der Waals surface area contributed by atoms with Gasteiger partial charge in [-0.25, -0.2) is 4.79 Å². The van der Waals surface area contributed by atoms with Gasteiger partial charge < -0.3 is 19.8 Å². The third kappa shape index (κ3) is 7.30. The van der Waals surface area contributed by atoms with Gasteiger partial charge in [0.1, 0.15) is 12.7 Å². The van der Waals surface area contributed by atoms with Crippen LogP contribution in [0.2, 0.25) is 0 Å². The van der Waals surface area contributed by atoms with Gasteiger partial charge in [0.25, 0.3) is 0 Å². The molecule has 0 spiro atoms. The zero-order valence-corrected chi connectivity index (χ0v) is 7.80. The lowest BCUT2D eigenvalue weighted by molar-refractivity contribution is -0.141. The molecule has 0 aromatic heterocycles. The molecule has 5 heteroatoms. The molecular formula is C8H15NO4. The van der Waals surface area contributed by atoms with E-state index in [9.17, 15) is 9.90 Å². The summed E-state index contributed by atoms with van der Waals surface area (Å²) in [6.07, 6.45) is 0.772. The zero-order valence-electron chi connectivity index (χ0n) is 7.80. The van der Waals surface area contributed by atoms with Crippen LogP contribution in [0.3, 0.4) is 0 Å². The first-order valence-corrected chi connectivity index (χ1v) is 3.86. The third-order valence-corrected chi connectivity index (χ3v) is 1.20. The fourth-order valence-corrected chi connectivity index (χ4v) is 0.761. The van der Waals surface area contributed by atoms with Gasteiger partial charge in [0, 0.05) is 6.54 Å². The Labute approximate surface area is 77.2 Å². The van der Waals surface area contributed by atoms with Crippen LogP contribution in [0.15, 0.2) is 12.3 Å². The number of hydrogen-bond acceptors (Lipinski definition) is 5. The van der Waals surface area contributed by atoms with Crippen LogP contribution in [0.5, 0.6) is 0 Å². The molecule has 0 rings (SSSR count). The molecule has 0 aromatic rings. The summed E-state index contributed by atoms with van der Waals surface area (Å²) in [7, 11) is 3.61. The summed E-state index contributed by atoms with van der Waals surface area (Å²) in [5.74, 6) is -0.666. The summed E-state index contributed by atoms with van der Waals surface area (Å²) >= 11 is 0. The molecule has 0 saturated heterocycles. The summed E-state index contributed by atoms with van der Waals surface area (Å²) in [5.41, 5.74) is 0. The van der Waals surface area contributed by atoms with Crippen LogP contribution in [-0.4, -0.2) is 54.4 Å². The molecule has 0 aliphatic heterocycles. The number of likely N-dealkylation sites (N-methyl/N-ethyl adjacent to an activating group) is 1. The number of nitrogens with zero attached hydrogens (tertiary/aromatic N) is 1. The maximum Gasteiger partial charge on any atom is 0.333 e. The van der Waals surface area contributed by atoms with E-state index in [0.29, 0.717) is 12.8 Å². The van der Waals surface area contributed by atoms with Gasteiger partial charge in [-0.1, -0.05) is 0 Å². The van der Waals surface area contributed by atoms with E-state index in [1.54, 1.807) is 19.0 Å². The van der Waals surface area contributed by atoms with E-state index in [0.717, 1.165) is 6.08 Å². The minimum atomic E-state index is -0.703. The van der Waals surface area contributed by atoms with Crippen molar-refractivity contribution in [1.29, 1.82) is 0 Å². The molecule has 0 aromatic carbocycles. The van der Waals surface area contributed by atoms with Crippen molar-refractivity contribution in [3.63, 3.8) is 0 Å². The summed E-state index contributed by atoms with van der Waals surface area (Å²) in [5, 5.41) is 17.4. The van der Waals surface area contributed by atoms with Crippen molar-refractivity contribution in [3.05, 3.63) is 12.3 Å². The normalized spacial score (nSPS) is 13.5. The van der Waals surface area contributed by atoms with Gasteiger partial charge in [0.15, 0.2) is 0 Å². The molecule has 0 amide bonds. The minimum Gasteiger partial charge on any atom is -0.515 e. The van der Waals surface area contributed by atoms with Crippen LogP contribution < -0.4 is 0 Å². The summed E-state index contributed by atoms with van der Waals surface area (Å²) in [6, 6.07) is 0. The van der Waals surface area contributed by atoms with Crippen LogP contribution in [0.25, 0.3) is 0 Å². The van der Waals surface area contributed by atoms with Gasteiger partial charge in [0.05, 0.1) is 12.3 Å². The first kappa shape index (κ1) is 11.9. The quantitative estimate of drug-likeness (QED) is 0.347. The minimum absolute atomic E-state index is 0.0681. The molecular weight excluding hydrogens is 174 g/mol. The molecule has 1 atom stereocenters. The molecule has 0 heterocycles. The highest BCUT2D eigenvalue weighted by molar-refractivity contribution is 5.81. The van der Waals surface area contributed by atoms with Crippen LogP contribution >= 0.6 is 0 Å². The van der Waals surface area contributed by atoms with Gasteiger partial charge in [-0.15, -0.1) is 0 Å². The van der Waals surface area contributed by atoms with Crippen LogP contribution in [0.1, 0.15) is 0 Å². The molecule has 0 radical (unpaired) electrons. The van der Waals surface area contributed by atoms with E-state index >= 15 is 0 Å². The average Bonchev–Trinajstić information content (AvgIpc) is 2.00. The Bertz CT molecular complexity index is 179. The van der Waals surface area contributed by atoms with Crippen LogP contribution in [0, 0.1) is 0 Å². The number of aliphatic hydroxyl groups excluding tert-OH is 2. The Balaban J connectivity index is 3.57. The van der Waals surface area contributed by atoms with E-state index in [2.05, 4.69) is 4.74 Å². The van der Waals surface area contributed by atoms with Crippen molar-refractivity contribution >= 4 is 5.97 Å². The largest absolute Gasteiger partial charge is 0.515 e. The van der Waals surface area contributed by atoms with E-state index in [4.69, 9.17) is 5.11 Å². The maximum absolute atomic E-state index is 10.6. The monoisotopic (exact) mass is 189 g/mol. The van der Waals surface area contributed by atoms with Crippen molar-refractivity contribution in [3.8, 4) is 0 Å². The van der Waals surface area contributed by atoms with Gasteiger partial charge in [0.2, 0.25) is 0 Å². The second-order valence-electron chi connectivity index (χ2n) is 2.86. The fraction of sp³-hybridized carbons (Fsp3) is 0.625. The standard InChI is InChI=1S/C8H15NO4/c1-9(2)5-7(11)6-13-8(12)3-4-10/h3-4,7,10-11H,5-6H2,1-2H3. The fourth-order valence-electron chi connectivity index (χ4n) is 0.761. The second-order valence-corrected chi connectivity index (χ2v) is 2.86. The topological polar surface area (TPSA) is 70.0 Å². The molecule has 1 unspecified atom stereocenters. The first-order valence-electron chi connectivity index (χ1n) is 3.86. The number of carbonyl (C=O) groups excluding carboxylic acids is 1. The molecule has 0 aliphatic rings. The van der Waals surface area contributed by atoms with Crippen LogP contribution in [0.4, 0.5) is 0 Å². The van der Waals surface area contributed by atoms with Crippen molar-refractivity contribution in [1.82, 2.24) is 4.90 Å². The predicted octanol–water partition coefficient (Wildman–Crippen LogP) is -0.476. The Morgan fingerprint density at radius 1 is 1.62 bits per heavy atom. The van der Waals surface area contributed by atoms with Gasteiger partial charge >= 0.3 is 5.97 Å². The summed E-state index contributed by atoms with van der Waals surface area (Å²) in [4.78, 5) is 12.4. The molecule has 5 nitrogen and oxygen atoms in total. The Morgan fingerprint density at radius 3 is 2.69 bits per heavy atom. The highest BCUT2D eigenvalue weighted by Gasteiger charge is 2.07. The second kappa shape index (κ2) is 6.45. The molecule has 2 N–H and O–H groups in total. The average molecular weight is 189 g/mol. The highest BCUT2D eigenvalue weighted by atomic mass is 16.5. The first-order chi connectivity index (χ1) is 6.06. The Morgan fingerprint density at radius 2 is 2.23 bits per heavy atom. The van der Waals surface area contributed by atoms with Crippen molar-refractivity contribution in [2.24, 2.45) is 0 Å².